The minimum atomic E-state index is -0.172. The van der Waals surface area contributed by atoms with Crippen LogP contribution in [-0.2, 0) is 4.79 Å². The number of hydrogen-bond acceptors (Lipinski definition) is 2. The van der Waals surface area contributed by atoms with Crippen molar-refractivity contribution in [3.63, 3.8) is 0 Å². The topological polar surface area (TPSA) is 46.2 Å². The molecule has 0 radical (unpaired) electrons. The highest BCUT2D eigenvalue weighted by Crippen LogP contribution is 2.15. The van der Waals surface area contributed by atoms with Crippen LogP contribution >= 0.6 is 0 Å². The summed E-state index contributed by atoms with van der Waals surface area (Å²) in [5, 5.41) is 2.59. The van der Waals surface area contributed by atoms with E-state index in [4.69, 9.17) is 0 Å². The van der Waals surface area contributed by atoms with Gasteiger partial charge in [0.1, 0.15) is 0 Å². The zero-order chi connectivity index (χ0) is 11.8. The van der Waals surface area contributed by atoms with Crippen molar-refractivity contribution in [1.29, 1.82) is 0 Å². The van der Waals surface area contributed by atoms with Gasteiger partial charge in [-0.25, -0.2) is 0 Å². The van der Waals surface area contributed by atoms with Crippen LogP contribution in [-0.4, -0.2) is 12.2 Å². The van der Waals surface area contributed by atoms with Gasteiger partial charge in [0, 0.05) is 12.5 Å². The van der Waals surface area contributed by atoms with Crippen LogP contribution in [0.2, 0.25) is 0 Å². The second-order valence-corrected chi connectivity index (χ2v) is 2.89. The molecule has 1 aromatic carbocycles. The summed E-state index contributed by atoms with van der Waals surface area (Å²) < 4.78 is 0. The molecule has 0 saturated carbocycles. The minimum Gasteiger partial charge on any atom is -0.326 e. The van der Waals surface area contributed by atoms with Gasteiger partial charge < -0.3 is 5.32 Å². The molecule has 0 bridgehead atoms. The van der Waals surface area contributed by atoms with E-state index >= 15 is 0 Å². The molecule has 0 heterocycles. The molecule has 82 valence electrons. The summed E-state index contributed by atoms with van der Waals surface area (Å²) in [5.41, 5.74) is 2.08. The summed E-state index contributed by atoms with van der Waals surface area (Å²) in [4.78, 5) is 21.3. The van der Waals surface area contributed by atoms with Crippen LogP contribution in [0, 0.1) is 6.92 Å². The number of anilines is 1. The van der Waals surface area contributed by atoms with Gasteiger partial charge in [0.15, 0.2) is 6.29 Å². The number of carbonyl (C=O) groups is 2. The van der Waals surface area contributed by atoms with Crippen LogP contribution in [0.4, 0.5) is 5.69 Å². The first-order valence-electron chi connectivity index (χ1n) is 4.97. The first kappa shape index (κ1) is 13.4. The van der Waals surface area contributed by atoms with Crippen molar-refractivity contribution < 1.29 is 9.59 Å². The molecule has 0 fully saturated rings. The maximum absolute atomic E-state index is 10.8. The first-order valence-corrected chi connectivity index (χ1v) is 4.97. The number of amides is 1. The lowest BCUT2D eigenvalue weighted by Gasteiger charge is -2.05. The Morgan fingerprint density at radius 3 is 2.40 bits per heavy atom. The van der Waals surface area contributed by atoms with E-state index in [2.05, 4.69) is 5.32 Å². The van der Waals surface area contributed by atoms with E-state index in [1.54, 1.807) is 12.1 Å². The number of hydrogen-bond donors (Lipinski definition) is 1. The molecule has 0 aliphatic rings. The van der Waals surface area contributed by atoms with Crippen LogP contribution in [0.5, 0.6) is 0 Å². The van der Waals surface area contributed by atoms with Crippen LogP contribution < -0.4 is 5.32 Å². The van der Waals surface area contributed by atoms with Crippen molar-refractivity contribution in [2.75, 3.05) is 5.32 Å². The lowest BCUT2D eigenvalue weighted by molar-refractivity contribution is -0.114. The molecule has 0 spiro atoms. The number of nitrogens with one attached hydrogen (secondary N) is 1. The molecule has 3 heteroatoms. The fourth-order valence-corrected chi connectivity index (χ4v) is 1.07. The SMILES string of the molecule is CC.CC(=O)Nc1cc(C)ccc1C=O. The number of carbonyl (C=O) groups excluding carboxylic acids is 2. The Bertz CT molecular complexity index is 345. The molecule has 15 heavy (non-hydrogen) atoms. The summed E-state index contributed by atoms with van der Waals surface area (Å²) in [6, 6.07) is 5.29. The van der Waals surface area contributed by atoms with Gasteiger partial charge in [-0.3, -0.25) is 9.59 Å². The Morgan fingerprint density at radius 2 is 1.93 bits per heavy atom. The summed E-state index contributed by atoms with van der Waals surface area (Å²) in [6.07, 6.45) is 0.727. The Labute approximate surface area is 90.5 Å². The normalized spacial score (nSPS) is 8.53. The largest absolute Gasteiger partial charge is 0.326 e. The van der Waals surface area contributed by atoms with E-state index in [9.17, 15) is 9.59 Å². The number of benzene rings is 1. The zero-order valence-electron chi connectivity index (χ0n) is 9.63. The van der Waals surface area contributed by atoms with E-state index in [0.29, 0.717) is 11.3 Å². The van der Waals surface area contributed by atoms with Gasteiger partial charge in [-0.15, -0.1) is 0 Å². The van der Waals surface area contributed by atoms with Crippen molar-refractivity contribution in [3.8, 4) is 0 Å². The predicted molar refractivity (Wildman–Crippen MR) is 62.2 cm³/mol. The predicted octanol–water partition coefficient (Wildman–Crippen LogP) is 2.79. The molecule has 0 unspecified atom stereocenters. The lowest BCUT2D eigenvalue weighted by atomic mass is 10.1. The zero-order valence-corrected chi connectivity index (χ0v) is 9.63. The number of aryl methyl sites for hydroxylation is 1. The fraction of sp³-hybridized carbons (Fsp3) is 0.333. The van der Waals surface area contributed by atoms with E-state index in [-0.39, 0.29) is 5.91 Å². The molecule has 0 aromatic heterocycles. The molecule has 0 atom stereocenters. The van der Waals surface area contributed by atoms with Gasteiger partial charge in [0.25, 0.3) is 0 Å². The van der Waals surface area contributed by atoms with Gasteiger partial charge in [0.2, 0.25) is 5.91 Å². The Morgan fingerprint density at radius 1 is 1.33 bits per heavy atom. The Kier molecular flexibility index (Phi) is 6.02. The van der Waals surface area contributed by atoms with Crippen LogP contribution in [0.1, 0.15) is 36.7 Å². The standard InChI is InChI=1S/C10H11NO2.C2H6/c1-7-3-4-9(6-12)10(5-7)11-8(2)13;1-2/h3-6H,1-2H3,(H,11,13);1-2H3. The fourth-order valence-electron chi connectivity index (χ4n) is 1.07. The maximum Gasteiger partial charge on any atom is 0.221 e. The van der Waals surface area contributed by atoms with Crippen LogP contribution in [0.15, 0.2) is 18.2 Å². The summed E-state index contributed by atoms with van der Waals surface area (Å²) in [7, 11) is 0. The Balaban J connectivity index is 0.000000921. The highest BCUT2D eigenvalue weighted by atomic mass is 16.1. The third-order valence-corrected chi connectivity index (χ3v) is 1.65. The monoisotopic (exact) mass is 207 g/mol. The average Bonchev–Trinajstić information content (AvgIpc) is 2.20. The van der Waals surface area contributed by atoms with Crippen LogP contribution in [0.3, 0.4) is 0 Å². The van der Waals surface area contributed by atoms with Gasteiger partial charge >= 0.3 is 0 Å². The third-order valence-electron chi connectivity index (χ3n) is 1.65. The second kappa shape index (κ2) is 6.76. The molecule has 1 rings (SSSR count). The van der Waals surface area contributed by atoms with Gasteiger partial charge in [-0.2, -0.15) is 0 Å². The minimum absolute atomic E-state index is 0.172. The van der Waals surface area contributed by atoms with E-state index in [1.165, 1.54) is 6.92 Å². The highest BCUT2D eigenvalue weighted by molar-refractivity contribution is 5.95. The average molecular weight is 207 g/mol. The van der Waals surface area contributed by atoms with Crippen molar-refractivity contribution in [3.05, 3.63) is 29.3 Å². The molecule has 0 aliphatic heterocycles. The van der Waals surface area contributed by atoms with Gasteiger partial charge in [0.05, 0.1) is 5.69 Å². The summed E-state index contributed by atoms with van der Waals surface area (Å²) in [6.45, 7) is 7.32. The smallest absolute Gasteiger partial charge is 0.221 e. The molecule has 1 amide bonds. The number of aldehydes is 1. The molecule has 0 aliphatic carbocycles. The third kappa shape index (κ3) is 4.40. The quantitative estimate of drug-likeness (QED) is 0.758. The van der Waals surface area contributed by atoms with Crippen molar-refractivity contribution in [2.24, 2.45) is 0 Å². The summed E-state index contributed by atoms with van der Waals surface area (Å²) >= 11 is 0. The van der Waals surface area contributed by atoms with Crippen molar-refractivity contribution in [2.45, 2.75) is 27.7 Å². The van der Waals surface area contributed by atoms with Crippen molar-refractivity contribution >= 4 is 17.9 Å². The van der Waals surface area contributed by atoms with Gasteiger partial charge in [-0.05, 0) is 24.6 Å². The van der Waals surface area contributed by atoms with E-state index < -0.39 is 0 Å². The van der Waals surface area contributed by atoms with E-state index in [1.807, 2.05) is 26.8 Å². The molecule has 1 N–H and O–H groups in total. The molecule has 1 aromatic rings. The number of rotatable bonds is 2. The first-order chi connectivity index (χ1) is 7.13. The Hall–Kier alpha value is -1.64. The van der Waals surface area contributed by atoms with Crippen LogP contribution in [0.25, 0.3) is 0 Å². The molecule has 3 nitrogen and oxygen atoms in total. The molecular formula is C12H17NO2. The second-order valence-electron chi connectivity index (χ2n) is 2.89. The van der Waals surface area contributed by atoms with Crippen molar-refractivity contribution in [1.82, 2.24) is 0 Å². The summed E-state index contributed by atoms with van der Waals surface area (Å²) in [5.74, 6) is -0.172. The van der Waals surface area contributed by atoms with E-state index in [0.717, 1.165) is 11.8 Å². The lowest BCUT2D eigenvalue weighted by Crippen LogP contribution is -2.08. The molecular weight excluding hydrogens is 190 g/mol. The highest BCUT2D eigenvalue weighted by Gasteiger charge is 2.02. The molecule has 0 saturated heterocycles. The van der Waals surface area contributed by atoms with Gasteiger partial charge in [-0.1, -0.05) is 19.9 Å². The maximum atomic E-state index is 10.8.